The van der Waals surface area contributed by atoms with Crippen molar-refractivity contribution in [2.24, 2.45) is 0 Å². The number of anilines is 1. The Bertz CT molecular complexity index is 891. The number of phenolic OH excluding ortho intramolecular Hbond substituents is 1. The summed E-state index contributed by atoms with van der Waals surface area (Å²) in [4.78, 5) is -0.0705. The van der Waals surface area contributed by atoms with E-state index in [9.17, 15) is 13.5 Å². The van der Waals surface area contributed by atoms with Gasteiger partial charge in [-0.25, -0.2) is 8.42 Å². The van der Waals surface area contributed by atoms with E-state index in [1.54, 1.807) is 18.2 Å². The lowest BCUT2D eigenvalue weighted by molar-refractivity contribution is 0.392. The van der Waals surface area contributed by atoms with E-state index in [1.165, 1.54) is 32.4 Å². The van der Waals surface area contributed by atoms with E-state index in [-0.39, 0.29) is 27.5 Å². The Labute approximate surface area is 154 Å². The van der Waals surface area contributed by atoms with Crippen molar-refractivity contribution in [1.29, 1.82) is 0 Å². The summed E-state index contributed by atoms with van der Waals surface area (Å²) in [6, 6.07) is 9.45. The van der Waals surface area contributed by atoms with Gasteiger partial charge in [0.2, 0.25) is 0 Å². The summed E-state index contributed by atoms with van der Waals surface area (Å²) in [6.07, 6.45) is 0.869. The first-order valence-electron chi connectivity index (χ1n) is 8.23. The van der Waals surface area contributed by atoms with Crippen LogP contribution in [0.4, 0.5) is 5.69 Å². The normalized spacial score (nSPS) is 11.9. The van der Waals surface area contributed by atoms with Crippen molar-refractivity contribution in [3.05, 3.63) is 42.0 Å². The largest absolute Gasteiger partial charge is 0.506 e. The van der Waals surface area contributed by atoms with E-state index in [0.29, 0.717) is 5.75 Å². The van der Waals surface area contributed by atoms with Crippen LogP contribution in [0, 0.1) is 0 Å². The topological polar surface area (TPSA) is 84.9 Å². The molecule has 0 saturated carbocycles. The van der Waals surface area contributed by atoms with Crippen LogP contribution in [-0.2, 0) is 15.4 Å². The van der Waals surface area contributed by atoms with Gasteiger partial charge in [-0.3, -0.25) is 4.72 Å². The van der Waals surface area contributed by atoms with Crippen molar-refractivity contribution in [2.45, 2.75) is 37.5 Å². The number of nitrogens with one attached hydrogen (secondary N) is 1. The summed E-state index contributed by atoms with van der Waals surface area (Å²) in [5.41, 5.74) is 0.892. The number of ether oxygens (including phenoxy) is 2. The molecule has 0 saturated heterocycles. The molecule has 2 aromatic rings. The van der Waals surface area contributed by atoms with Crippen LogP contribution in [0.1, 0.15) is 32.8 Å². The Morgan fingerprint density at radius 3 is 2.35 bits per heavy atom. The molecule has 0 fully saturated rings. The van der Waals surface area contributed by atoms with Crippen LogP contribution in [0.2, 0.25) is 0 Å². The van der Waals surface area contributed by atoms with E-state index in [0.717, 1.165) is 12.0 Å². The van der Waals surface area contributed by atoms with Crippen LogP contribution < -0.4 is 14.2 Å². The maximum atomic E-state index is 12.9. The van der Waals surface area contributed by atoms with Gasteiger partial charge in [-0.15, -0.1) is 0 Å². The van der Waals surface area contributed by atoms with Gasteiger partial charge in [0.1, 0.15) is 22.1 Å². The van der Waals surface area contributed by atoms with Gasteiger partial charge in [0.15, 0.2) is 0 Å². The molecule has 0 aliphatic carbocycles. The van der Waals surface area contributed by atoms with Crippen molar-refractivity contribution in [2.75, 3.05) is 18.9 Å². The number of aromatic hydroxyl groups is 1. The fourth-order valence-corrected chi connectivity index (χ4v) is 3.69. The van der Waals surface area contributed by atoms with Crippen molar-refractivity contribution >= 4 is 15.7 Å². The molecule has 0 aromatic heterocycles. The van der Waals surface area contributed by atoms with Gasteiger partial charge in [0, 0.05) is 6.07 Å². The lowest BCUT2D eigenvalue weighted by Crippen LogP contribution is -2.18. The predicted octanol–water partition coefficient (Wildman–Crippen LogP) is 3.90. The van der Waals surface area contributed by atoms with Gasteiger partial charge >= 0.3 is 0 Å². The summed E-state index contributed by atoms with van der Waals surface area (Å²) >= 11 is 0. The average Bonchev–Trinajstić information content (AvgIpc) is 2.62. The van der Waals surface area contributed by atoms with Crippen molar-refractivity contribution in [3.8, 4) is 17.2 Å². The minimum Gasteiger partial charge on any atom is -0.506 e. The Hall–Kier alpha value is -2.41. The maximum absolute atomic E-state index is 12.9. The summed E-state index contributed by atoms with van der Waals surface area (Å²) in [5, 5.41) is 10.1. The lowest BCUT2D eigenvalue weighted by Gasteiger charge is -2.24. The van der Waals surface area contributed by atoms with Crippen LogP contribution in [0.3, 0.4) is 0 Å². The highest BCUT2D eigenvalue weighted by Crippen LogP contribution is 2.35. The second-order valence-electron chi connectivity index (χ2n) is 6.59. The zero-order valence-corrected chi connectivity index (χ0v) is 16.5. The number of hydrogen-bond donors (Lipinski definition) is 2. The Morgan fingerprint density at radius 2 is 1.77 bits per heavy atom. The lowest BCUT2D eigenvalue weighted by atomic mass is 9.82. The molecule has 7 heteroatoms. The zero-order chi connectivity index (χ0) is 19.5. The molecule has 0 atom stereocenters. The number of hydrogen-bond acceptors (Lipinski definition) is 5. The number of sulfonamides is 1. The van der Waals surface area contributed by atoms with Crippen LogP contribution >= 0.6 is 0 Å². The van der Waals surface area contributed by atoms with Crippen molar-refractivity contribution < 1.29 is 23.0 Å². The molecule has 0 bridgehead atoms. The minimum atomic E-state index is -4.00. The molecule has 0 spiro atoms. The molecule has 0 amide bonds. The number of phenols is 1. The molecule has 2 N–H and O–H groups in total. The van der Waals surface area contributed by atoms with E-state index in [4.69, 9.17) is 9.47 Å². The first-order valence-corrected chi connectivity index (χ1v) is 9.71. The highest BCUT2D eigenvalue weighted by molar-refractivity contribution is 7.92. The standard InChI is InChI=1S/C19H25NO5S/c1-6-19(2,3)13-7-9-16(21)15(11-13)20-26(22,23)18-12-14(24-4)8-10-17(18)25-5/h7-12,20-21H,6H2,1-5H3. The minimum absolute atomic E-state index is 0.0705. The van der Waals surface area contributed by atoms with Crippen molar-refractivity contribution in [1.82, 2.24) is 0 Å². The van der Waals surface area contributed by atoms with Gasteiger partial charge in [-0.05, 0) is 41.7 Å². The second-order valence-corrected chi connectivity index (χ2v) is 8.24. The fraction of sp³-hybridized carbons (Fsp3) is 0.368. The predicted molar refractivity (Wildman–Crippen MR) is 102 cm³/mol. The Balaban J connectivity index is 2.49. The first kappa shape index (κ1) is 19.9. The summed E-state index contributed by atoms with van der Waals surface area (Å²) in [6.45, 7) is 6.17. The number of benzene rings is 2. The SMILES string of the molecule is CCC(C)(C)c1ccc(O)c(NS(=O)(=O)c2cc(OC)ccc2OC)c1. The van der Waals surface area contributed by atoms with Crippen LogP contribution in [0.5, 0.6) is 17.2 Å². The maximum Gasteiger partial charge on any atom is 0.265 e. The quantitative estimate of drug-likeness (QED) is 0.713. The fourth-order valence-electron chi connectivity index (χ4n) is 2.44. The monoisotopic (exact) mass is 379 g/mol. The molecule has 26 heavy (non-hydrogen) atoms. The van der Waals surface area contributed by atoms with E-state index < -0.39 is 10.0 Å². The molecule has 0 aliphatic rings. The zero-order valence-electron chi connectivity index (χ0n) is 15.7. The number of methoxy groups -OCH3 is 2. The molecular formula is C19H25NO5S. The first-order chi connectivity index (χ1) is 12.1. The Kier molecular flexibility index (Phi) is 5.71. The molecule has 0 aliphatic heterocycles. The van der Waals surface area contributed by atoms with Gasteiger partial charge < -0.3 is 14.6 Å². The highest BCUT2D eigenvalue weighted by Gasteiger charge is 2.24. The summed E-state index contributed by atoms with van der Waals surface area (Å²) < 4.78 is 38.5. The van der Waals surface area contributed by atoms with Crippen LogP contribution in [-0.4, -0.2) is 27.7 Å². The third-order valence-electron chi connectivity index (χ3n) is 4.57. The van der Waals surface area contributed by atoms with E-state index in [2.05, 4.69) is 25.5 Å². The van der Waals surface area contributed by atoms with Gasteiger partial charge in [0.05, 0.1) is 19.9 Å². The molecule has 142 valence electrons. The molecule has 2 aromatic carbocycles. The molecule has 6 nitrogen and oxygen atoms in total. The molecule has 0 unspecified atom stereocenters. The third kappa shape index (κ3) is 4.04. The van der Waals surface area contributed by atoms with Gasteiger partial charge in [-0.1, -0.05) is 26.8 Å². The van der Waals surface area contributed by atoms with Crippen LogP contribution in [0.15, 0.2) is 41.3 Å². The van der Waals surface area contributed by atoms with Crippen LogP contribution in [0.25, 0.3) is 0 Å². The highest BCUT2D eigenvalue weighted by atomic mass is 32.2. The average molecular weight is 379 g/mol. The second kappa shape index (κ2) is 7.45. The van der Waals surface area contributed by atoms with E-state index in [1.807, 2.05) is 0 Å². The molecule has 0 heterocycles. The molecular weight excluding hydrogens is 354 g/mol. The Morgan fingerprint density at radius 1 is 1.08 bits per heavy atom. The number of rotatable bonds is 7. The third-order valence-corrected chi connectivity index (χ3v) is 5.95. The van der Waals surface area contributed by atoms with E-state index >= 15 is 0 Å². The van der Waals surface area contributed by atoms with Crippen molar-refractivity contribution in [3.63, 3.8) is 0 Å². The molecule has 2 rings (SSSR count). The molecule has 0 radical (unpaired) electrons. The van der Waals surface area contributed by atoms with Gasteiger partial charge in [0.25, 0.3) is 10.0 Å². The summed E-state index contributed by atoms with van der Waals surface area (Å²) in [7, 11) is -1.15. The summed E-state index contributed by atoms with van der Waals surface area (Å²) in [5.74, 6) is 0.421. The van der Waals surface area contributed by atoms with Gasteiger partial charge in [-0.2, -0.15) is 0 Å². The smallest absolute Gasteiger partial charge is 0.265 e.